The minimum atomic E-state index is 0.890. The van der Waals surface area contributed by atoms with Crippen LogP contribution in [-0.4, -0.2) is 15.0 Å². The fourth-order valence-electron chi connectivity index (χ4n) is 2.15. The second-order valence-corrected chi connectivity index (χ2v) is 3.97. The Balaban J connectivity index is 2.30. The van der Waals surface area contributed by atoms with Crippen LogP contribution in [0.3, 0.4) is 0 Å². The third kappa shape index (κ3) is 1.60. The van der Waals surface area contributed by atoms with Gasteiger partial charge in [0.15, 0.2) is 0 Å². The Morgan fingerprint density at radius 1 is 1.12 bits per heavy atom. The lowest BCUT2D eigenvalue weighted by Gasteiger charge is -2.07. The normalized spacial score (nSPS) is 10.9. The van der Waals surface area contributed by atoms with Crippen molar-refractivity contribution >= 4 is 11.0 Å². The first-order valence-corrected chi connectivity index (χ1v) is 5.76. The van der Waals surface area contributed by atoms with Crippen LogP contribution >= 0.6 is 0 Å². The molecule has 0 unspecified atom stereocenters. The second kappa shape index (κ2) is 4.01. The fourth-order valence-corrected chi connectivity index (χ4v) is 2.15. The zero-order valence-electron chi connectivity index (χ0n) is 9.64. The molecule has 0 bridgehead atoms. The highest BCUT2D eigenvalue weighted by Gasteiger charge is 2.09. The smallest absolute Gasteiger partial charge is 0.141 e. The van der Waals surface area contributed by atoms with Crippen LogP contribution in [0, 0.1) is 0 Å². The molecule has 0 aliphatic heterocycles. The van der Waals surface area contributed by atoms with Crippen LogP contribution in [0.1, 0.15) is 12.5 Å². The van der Waals surface area contributed by atoms with Crippen molar-refractivity contribution < 1.29 is 0 Å². The highest BCUT2D eigenvalue weighted by molar-refractivity contribution is 5.91. The molecule has 2 aromatic heterocycles. The third-order valence-electron chi connectivity index (χ3n) is 3.01. The third-order valence-corrected chi connectivity index (χ3v) is 3.01. The van der Waals surface area contributed by atoms with Crippen molar-refractivity contribution in [3.63, 3.8) is 0 Å². The Kier molecular flexibility index (Phi) is 2.37. The average molecular weight is 223 g/mol. The molecule has 3 aromatic rings. The summed E-state index contributed by atoms with van der Waals surface area (Å²) in [6.07, 6.45) is 4.52. The van der Waals surface area contributed by atoms with Crippen LogP contribution in [0.4, 0.5) is 0 Å². The van der Waals surface area contributed by atoms with E-state index in [9.17, 15) is 0 Å². The van der Waals surface area contributed by atoms with Gasteiger partial charge in [0.25, 0.3) is 0 Å². The molecule has 0 atom stereocenters. The van der Waals surface area contributed by atoms with E-state index in [0.717, 1.165) is 23.1 Å². The van der Waals surface area contributed by atoms with Crippen molar-refractivity contribution in [3.8, 4) is 11.3 Å². The lowest BCUT2D eigenvalue weighted by Crippen LogP contribution is -1.91. The van der Waals surface area contributed by atoms with E-state index in [2.05, 4.69) is 46.1 Å². The molecule has 3 nitrogen and oxygen atoms in total. The van der Waals surface area contributed by atoms with Gasteiger partial charge in [-0.15, -0.1) is 0 Å². The molecule has 3 heteroatoms. The molecule has 0 spiro atoms. The topological polar surface area (TPSA) is 41.6 Å². The summed E-state index contributed by atoms with van der Waals surface area (Å²) >= 11 is 0. The van der Waals surface area contributed by atoms with Gasteiger partial charge >= 0.3 is 0 Å². The number of nitrogens with one attached hydrogen (secondary N) is 1. The molecule has 2 heterocycles. The molecule has 1 N–H and O–H groups in total. The molecule has 0 saturated heterocycles. The van der Waals surface area contributed by atoms with Gasteiger partial charge in [-0.2, -0.15) is 0 Å². The predicted molar refractivity (Wildman–Crippen MR) is 68.7 cm³/mol. The Hall–Kier alpha value is -2.16. The molecule has 17 heavy (non-hydrogen) atoms. The van der Waals surface area contributed by atoms with Crippen molar-refractivity contribution in [1.82, 2.24) is 15.0 Å². The Morgan fingerprint density at radius 3 is 2.88 bits per heavy atom. The molecule has 0 saturated carbocycles. The Bertz CT molecular complexity index is 655. The number of aryl methyl sites for hydroxylation is 1. The van der Waals surface area contributed by atoms with Crippen molar-refractivity contribution in [3.05, 3.63) is 48.4 Å². The average Bonchev–Trinajstić information content (AvgIpc) is 2.86. The van der Waals surface area contributed by atoms with Crippen LogP contribution in [0.5, 0.6) is 0 Å². The van der Waals surface area contributed by atoms with Crippen molar-refractivity contribution in [2.24, 2.45) is 0 Å². The van der Waals surface area contributed by atoms with Crippen LogP contribution in [0.25, 0.3) is 22.3 Å². The van der Waals surface area contributed by atoms with Crippen molar-refractivity contribution in [2.45, 2.75) is 13.3 Å². The molecule has 1 aromatic carbocycles. The maximum absolute atomic E-state index is 4.43. The highest BCUT2D eigenvalue weighted by Crippen LogP contribution is 2.27. The fraction of sp³-hybridized carbons (Fsp3) is 0.143. The van der Waals surface area contributed by atoms with E-state index in [1.807, 2.05) is 12.3 Å². The number of aromatic amines is 1. The summed E-state index contributed by atoms with van der Waals surface area (Å²) in [5.74, 6) is 0. The Morgan fingerprint density at radius 2 is 2.00 bits per heavy atom. The molecular weight excluding hydrogens is 210 g/mol. The Labute approximate surface area is 99.5 Å². The van der Waals surface area contributed by atoms with Gasteiger partial charge < -0.3 is 4.98 Å². The van der Waals surface area contributed by atoms with E-state index in [4.69, 9.17) is 0 Å². The number of nitrogens with zero attached hydrogens (tertiary/aromatic N) is 2. The van der Waals surface area contributed by atoms with E-state index < -0.39 is 0 Å². The van der Waals surface area contributed by atoms with Gasteiger partial charge in [0, 0.05) is 17.1 Å². The number of hydrogen-bond acceptors (Lipinski definition) is 2. The monoisotopic (exact) mass is 223 g/mol. The van der Waals surface area contributed by atoms with Crippen LogP contribution in [0.15, 0.2) is 42.9 Å². The number of hydrogen-bond donors (Lipinski definition) is 1. The molecular formula is C14H13N3. The molecule has 0 aliphatic carbocycles. The van der Waals surface area contributed by atoms with Gasteiger partial charge in [-0.3, -0.25) is 0 Å². The van der Waals surface area contributed by atoms with Gasteiger partial charge in [-0.1, -0.05) is 31.2 Å². The van der Waals surface area contributed by atoms with Gasteiger partial charge in [-0.05, 0) is 18.1 Å². The number of rotatable bonds is 2. The summed E-state index contributed by atoms with van der Waals surface area (Å²) in [5.41, 5.74) is 4.41. The molecule has 3 rings (SSSR count). The number of aromatic nitrogens is 3. The van der Waals surface area contributed by atoms with Gasteiger partial charge in [0.1, 0.15) is 12.0 Å². The van der Waals surface area contributed by atoms with E-state index in [-0.39, 0.29) is 0 Å². The first-order valence-electron chi connectivity index (χ1n) is 5.76. The van der Waals surface area contributed by atoms with Crippen molar-refractivity contribution in [2.75, 3.05) is 0 Å². The minimum Gasteiger partial charge on any atom is -0.346 e. The standard InChI is InChI=1S/C14H13N3/c1-2-10-5-3-4-6-11(10)13-12-7-8-15-14(12)17-9-16-13/h3-9H,2H2,1H3,(H,15,16,17). The lowest BCUT2D eigenvalue weighted by molar-refractivity contribution is 1.13. The lowest BCUT2D eigenvalue weighted by atomic mass is 10.0. The summed E-state index contributed by atoms with van der Waals surface area (Å²) in [6, 6.07) is 10.4. The minimum absolute atomic E-state index is 0.890. The largest absolute Gasteiger partial charge is 0.346 e. The summed E-state index contributed by atoms with van der Waals surface area (Å²) < 4.78 is 0. The van der Waals surface area contributed by atoms with E-state index in [1.54, 1.807) is 6.33 Å². The number of benzene rings is 1. The predicted octanol–water partition coefficient (Wildman–Crippen LogP) is 3.19. The van der Waals surface area contributed by atoms with Gasteiger partial charge in [-0.25, -0.2) is 9.97 Å². The van der Waals surface area contributed by atoms with E-state index >= 15 is 0 Å². The number of fused-ring (bicyclic) bond motifs is 1. The van der Waals surface area contributed by atoms with Crippen LogP contribution in [-0.2, 0) is 6.42 Å². The zero-order chi connectivity index (χ0) is 11.7. The van der Waals surface area contributed by atoms with E-state index in [1.165, 1.54) is 11.1 Å². The molecule has 0 radical (unpaired) electrons. The highest BCUT2D eigenvalue weighted by atomic mass is 14.9. The molecule has 0 aliphatic rings. The maximum Gasteiger partial charge on any atom is 0.141 e. The first-order chi connectivity index (χ1) is 8.40. The van der Waals surface area contributed by atoms with Crippen LogP contribution in [0.2, 0.25) is 0 Å². The molecule has 0 fully saturated rings. The maximum atomic E-state index is 4.43. The summed E-state index contributed by atoms with van der Waals surface area (Å²) in [7, 11) is 0. The van der Waals surface area contributed by atoms with Gasteiger partial charge in [0.05, 0.1) is 5.69 Å². The second-order valence-electron chi connectivity index (χ2n) is 3.97. The summed E-state index contributed by atoms with van der Waals surface area (Å²) in [5, 5.41) is 1.08. The molecule has 84 valence electrons. The quantitative estimate of drug-likeness (QED) is 0.725. The van der Waals surface area contributed by atoms with Gasteiger partial charge in [0.2, 0.25) is 0 Å². The SMILES string of the molecule is CCc1ccccc1-c1ncnc2[nH]ccc12. The van der Waals surface area contributed by atoms with E-state index in [0.29, 0.717) is 0 Å². The molecule has 0 amide bonds. The van der Waals surface area contributed by atoms with Crippen molar-refractivity contribution in [1.29, 1.82) is 0 Å². The zero-order valence-corrected chi connectivity index (χ0v) is 9.64. The summed E-state index contributed by atoms with van der Waals surface area (Å²) in [6.45, 7) is 2.16. The van der Waals surface area contributed by atoms with Crippen LogP contribution < -0.4 is 0 Å². The summed E-state index contributed by atoms with van der Waals surface area (Å²) in [4.78, 5) is 11.8. The first kappa shape index (κ1) is 10.0. The number of H-pyrrole nitrogens is 1.